The van der Waals surface area contributed by atoms with Crippen molar-refractivity contribution in [1.29, 1.82) is 0 Å². The number of nitrogen functional groups attached to an aromatic ring is 1. The Balaban J connectivity index is 2.34. The summed E-state index contributed by atoms with van der Waals surface area (Å²) in [4.78, 5) is 1.18. The number of halogens is 1. The molecular formula is C13H15BrN2O2S2. The van der Waals surface area contributed by atoms with Crippen molar-refractivity contribution in [2.45, 2.75) is 24.8 Å². The van der Waals surface area contributed by atoms with E-state index >= 15 is 0 Å². The van der Waals surface area contributed by atoms with Crippen molar-refractivity contribution in [2.75, 3.05) is 5.73 Å². The fraction of sp³-hybridized carbons (Fsp3) is 0.231. The largest absolute Gasteiger partial charge is 0.398 e. The van der Waals surface area contributed by atoms with Gasteiger partial charge >= 0.3 is 0 Å². The predicted molar refractivity (Wildman–Crippen MR) is 86.3 cm³/mol. The first-order valence-electron chi connectivity index (χ1n) is 5.92. The van der Waals surface area contributed by atoms with Crippen molar-refractivity contribution in [2.24, 2.45) is 0 Å². The summed E-state index contributed by atoms with van der Waals surface area (Å²) in [7, 11) is -3.60. The van der Waals surface area contributed by atoms with Crippen LogP contribution in [0.1, 0.15) is 23.4 Å². The molecule has 0 spiro atoms. The average molecular weight is 375 g/mol. The van der Waals surface area contributed by atoms with Crippen molar-refractivity contribution < 1.29 is 8.42 Å². The van der Waals surface area contributed by atoms with E-state index in [2.05, 4.69) is 20.7 Å². The van der Waals surface area contributed by atoms with Gasteiger partial charge in [-0.15, -0.1) is 11.3 Å². The number of thiophene rings is 1. The van der Waals surface area contributed by atoms with Crippen LogP contribution >= 0.6 is 27.3 Å². The predicted octanol–water partition coefficient (Wildman–Crippen LogP) is 3.44. The number of hydrogen-bond donors (Lipinski definition) is 2. The SMILES string of the molecule is Cc1cc(Br)c(N)cc1S(=O)(=O)NC(C)c1cccs1. The van der Waals surface area contributed by atoms with Crippen LogP contribution in [0.15, 0.2) is 39.0 Å². The Morgan fingerprint density at radius 2 is 2.10 bits per heavy atom. The van der Waals surface area contributed by atoms with Gasteiger partial charge in [-0.25, -0.2) is 13.1 Å². The molecule has 0 amide bonds. The van der Waals surface area contributed by atoms with Crippen molar-refractivity contribution in [1.82, 2.24) is 4.72 Å². The van der Waals surface area contributed by atoms with E-state index in [1.807, 2.05) is 24.4 Å². The number of nitrogens with two attached hydrogens (primary N) is 1. The third kappa shape index (κ3) is 3.22. The summed E-state index contributed by atoms with van der Waals surface area (Å²) >= 11 is 4.81. The number of sulfonamides is 1. The minimum absolute atomic E-state index is 0.210. The van der Waals surface area contributed by atoms with Crippen LogP contribution in [0.3, 0.4) is 0 Å². The molecule has 1 heterocycles. The zero-order chi connectivity index (χ0) is 14.9. The van der Waals surface area contributed by atoms with Crippen LogP contribution in [-0.2, 0) is 10.0 Å². The Kier molecular flexibility index (Phi) is 4.53. The van der Waals surface area contributed by atoms with Gasteiger partial charge in [-0.2, -0.15) is 0 Å². The lowest BCUT2D eigenvalue weighted by Crippen LogP contribution is -2.27. The van der Waals surface area contributed by atoms with Gasteiger partial charge < -0.3 is 5.73 Å². The number of benzene rings is 1. The van der Waals surface area contributed by atoms with Gasteiger partial charge in [-0.1, -0.05) is 6.07 Å². The molecular weight excluding hydrogens is 360 g/mol. The maximum Gasteiger partial charge on any atom is 0.241 e. The summed E-state index contributed by atoms with van der Waals surface area (Å²) in [5.41, 5.74) is 6.83. The Bertz CT molecular complexity index is 712. The number of nitrogens with one attached hydrogen (secondary N) is 1. The zero-order valence-corrected chi connectivity index (χ0v) is 14.3. The van der Waals surface area contributed by atoms with E-state index in [4.69, 9.17) is 5.73 Å². The number of rotatable bonds is 4. The molecule has 2 aromatic rings. The molecule has 0 saturated heterocycles. The fourth-order valence-corrected chi connectivity index (χ4v) is 4.60. The minimum atomic E-state index is -3.60. The Morgan fingerprint density at radius 3 is 2.70 bits per heavy atom. The highest BCUT2D eigenvalue weighted by atomic mass is 79.9. The van der Waals surface area contributed by atoms with Gasteiger partial charge in [0.1, 0.15) is 0 Å². The lowest BCUT2D eigenvalue weighted by molar-refractivity contribution is 0.568. The van der Waals surface area contributed by atoms with Gasteiger partial charge in [0, 0.05) is 15.0 Å². The third-order valence-electron chi connectivity index (χ3n) is 2.89. The molecule has 108 valence electrons. The van der Waals surface area contributed by atoms with Gasteiger partial charge in [-0.05, 0) is 58.9 Å². The highest BCUT2D eigenvalue weighted by Crippen LogP contribution is 2.28. The Hall–Kier alpha value is -0.890. The second-order valence-electron chi connectivity index (χ2n) is 4.50. The molecule has 7 heteroatoms. The summed E-state index contributed by atoms with van der Waals surface area (Å²) < 4.78 is 28.3. The summed E-state index contributed by atoms with van der Waals surface area (Å²) in [6, 6.07) is 6.71. The molecule has 2 rings (SSSR count). The van der Waals surface area contributed by atoms with Gasteiger partial charge in [0.25, 0.3) is 0 Å². The van der Waals surface area contributed by atoms with Crippen LogP contribution in [0.4, 0.5) is 5.69 Å². The van der Waals surface area contributed by atoms with Gasteiger partial charge in [-0.3, -0.25) is 0 Å². The first-order valence-corrected chi connectivity index (χ1v) is 9.08. The highest BCUT2D eigenvalue weighted by Gasteiger charge is 2.21. The number of aryl methyl sites for hydroxylation is 1. The van der Waals surface area contributed by atoms with E-state index < -0.39 is 10.0 Å². The normalized spacial score (nSPS) is 13.3. The molecule has 1 unspecified atom stereocenters. The van der Waals surface area contributed by atoms with E-state index in [9.17, 15) is 8.42 Å². The average Bonchev–Trinajstić information content (AvgIpc) is 2.86. The minimum Gasteiger partial charge on any atom is -0.398 e. The van der Waals surface area contributed by atoms with E-state index in [1.165, 1.54) is 17.4 Å². The van der Waals surface area contributed by atoms with E-state index in [0.29, 0.717) is 15.7 Å². The van der Waals surface area contributed by atoms with Crippen LogP contribution in [0.25, 0.3) is 0 Å². The molecule has 4 nitrogen and oxygen atoms in total. The second kappa shape index (κ2) is 5.85. The zero-order valence-electron chi connectivity index (χ0n) is 11.1. The quantitative estimate of drug-likeness (QED) is 0.805. The van der Waals surface area contributed by atoms with Crippen LogP contribution in [0, 0.1) is 6.92 Å². The fourth-order valence-electron chi connectivity index (χ4n) is 1.85. The van der Waals surface area contributed by atoms with Gasteiger partial charge in [0.15, 0.2) is 0 Å². The molecule has 0 saturated carbocycles. The summed E-state index contributed by atoms with van der Waals surface area (Å²) in [5, 5.41) is 1.92. The van der Waals surface area contributed by atoms with Crippen molar-refractivity contribution in [3.63, 3.8) is 0 Å². The maximum absolute atomic E-state index is 12.4. The number of anilines is 1. The molecule has 0 aliphatic carbocycles. The summed E-state index contributed by atoms with van der Waals surface area (Å²) in [6.07, 6.45) is 0. The topological polar surface area (TPSA) is 72.2 Å². The lowest BCUT2D eigenvalue weighted by atomic mass is 10.2. The third-order valence-corrected chi connectivity index (χ3v) is 6.31. The van der Waals surface area contributed by atoms with Crippen LogP contribution in [-0.4, -0.2) is 8.42 Å². The Morgan fingerprint density at radius 1 is 1.40 bits per heavy atom. The van der Waals surface area contributed by atoms with Crippen molar-refractivity contribution in [3.05, 3.63) is 44.6 Å². The van der Waals surface area contributed by atoms with E-state index in [1.54, 1.807) is 13.0 Å². The first kappa shape index (κ1) is 15.5. The standard InChI is InChI=1S/C13H15BrN2O2S2/c1-8-6-10(14)11(15)7-13(8)20(17,18)16-9(2)12-4-3-5-19-12/h3-7,9,16H,15H2,1-2H3. The highest BCUT2D eigenvalue weighted by molar-refractivity contribution is 9.10. The lowest BCUT2D eigenvalue weighted by Gasteiger charge is -2.15. The summed E-state index contributed by atoms with van der Waals surface area (Å²) in [6.45, 7) is 3.56. The van der Waals surface area contributed by atoms with Crippen molar-refractivity contribution in [3.8, 4) is 0 Å². The molecule has 0 fully saturated rings. The molecule has 1 aromatic carbocycles. The molecule has 0 aliphatic rings. The molecule has 3 N–H and O–H groups in total. The molecule has 0 aliphatic heterocycles. The molecule has 1 atom stereocenters. The second-order valence-corrected chi connectivity index (χ2v) is 8.01. The smallest absolute Gasteiger partial charge is 0.241 e. The van der Waals surface area contributed by atoms with Gasteiger partial charge in [0.05, 0.1) is 10.9 Å². The maximum atomic E-state index is 12.4. The summed E-state index contributed by atoms with van der Waals surface area (Å²) in [5.74, 6) is 0. The van der Waals surface area contributed by atoms with Crippen LogP contribution in [0.5, 0.6) is 0 Å². The van der Waals surface area contributed by atoms with Crippen molar-refractivity contribution >= 4 is 43.0 Å². The van der Waals surface area contributed by atoms with Gasteiger partial charge in [0.2, 0.25) is 10.0 Å². The molecule has 1 aromatic heterocycles. The van der Waals surface area contributed by atoms with E-state index in [0.717, 1.165) is 4.88 Å². The number of hydrogen-bond acceptors (Lipinski definition) is 4. The molecule has 0 bridgehead atoms. The van der Waals surface area contributed by atoms with Crippen LogP contribution in [0.2, 0.25) is 0 Å². The monoisotopic (exact) mass is 374 g/mol. The first-order chi connectivity index (χ1) is 9.31. The molecule has 20 heavy (non-hydrogen) atoms. The molecule has 0 radical (unpaired) electrons. The van der Waals surface area contributed by atoms with E-state index in [-0.39, 0.29) is 10.9 Å². The van der Waals surface area contributed by atoms with Crippen LogP contribution < -0.4 is 10.5 Å². The Labute approximate surface area is 131 Å².